The minimum absolute atomic E-state index is 0. The first kappa shape index (κ1) is 14.9. The predicted octanol–water partition coefficient (Wildman–Crippen LogP) is 0.125. The Morgan fingerprint density at radius 3 is 2.73 bits per heavy atom. The first-order valence-corrected chi connectivity index (χ1v) is 6.46. The van der Waals surface area contributed by atoms with Gasteiger partial charge in [0.15, 0.2) is 0 Å². The van der Waals surface area contributed by atoms with Gasteiger partial charge in [-0.05, 0) is 13.3 Å². The monoisotopic (exact) mass is 254 g/mol. The summed E-state index contributed by atoms with van der Waals surface area (Å²) in [5.41, 5.74) is 5.68. The van der Waals surface area contributed by atoms with Crippen molar-refractivity contribution in [3.8, 4) is 0 Å². The zero-order chi connectivity index (χ0) is 10.7. The maximum atomic E-state index is 11.7. The molecule has 15 heavy (non-hydrogen) atoms. The van der Waals surface area contributed by atoms with Crippen molar-refractivity contribution < 1.29 is 9.00 Å². The molecule has 0 aromatic heterocycles. The van der Waals surface area contributed by atoms with Crippen LogP contribution in [-0.2, 0) is 15.6 Å². The summed E-state index contributed by atoms with van der Waals surface area (Å²) in [5, 5.41) is 0. The number of nitrogens with two attached hydrogens (primary N) is 1. The van der Waals surface area contributed by atoms with Gasteiger partial charge in [0.1, 0.15) is 0 Å². The highest BCUT2D eigenvalue weighted by atomic mass is 35.5. The summed E-state index contributed by atoms with van der Waals surface area (Å²) in [4.78, 5) is 13.5. The van der Waals surface area contributed by atoms with E-state index in [1.54, 1.807) is 4.90 Å². The van der Waals surface area contributed by atoms with Gasteiger partial charge in [0.2, 0.25) is 5.91 Å². The number of halogens is 1. The van der Waals surface area contributed by atoms with Crippen molar-refractivity contribution in [3.63, 3.8) is 0 Å². The van der Waals surface area contributed by atoms with Gasteiger partial charge in [-0.25, -0.2) is 0 Å². The zero-order valence-corrected chi connectivity index (χ0v) is 10.8. The predicted molar refractivity (Wildman–Crippen MR) is 64.6 cm³/mol. The molecule has 3 atom stereocenters. The van der Waals surface area contributed by atoms with E-state index < -0.39 is 16.8 Å². The molecule has 1 fully saturated rings. The molecule has 1 saturated heterocycles. The van der Waals surface area contributed by atoms with Crippen LogP contribution < -0.4 is 5.73 Å². The number of hydrogen-bond acceptors (Lipinski definition) is 3. The lowest BCUT2D eigenvalue weighted by Crippen LogP contribution is -2.53. The highest BCUT2D eigenvalue weighted by Gasteiger charge is 2.28. The lowest BCUT2D eigenvalue weighted by atomic mass is 10.2. The Hall–Kier alpha value is -0.130. The van der Waals surface area contributed by atoms with Gasteiger partial charge in [-0.15, -0.1) is 12.4 Å². The average molecular weight is 255 g/mol. The average Bonchev–Trinajstić information content (AvgIpc) is 2.15. The van der Waals surface area contributed by atoms with Gasteiger partial charge >= 0.3 is 0 Å². The van der Waals surface area contributed by atoms with Crippen molar-refractivity contribution in [1.29, 1.82) is 0 Å². The summed E-state index contributed by atoms with van der Waals surface area (Å²) in [6.07, 6.45) is 0.658. The van der Waals surface area contributed by atoms with E-state index >= 15 is 0 Å². The van der Waals surface area contributed by atoms with Crippen molar-refractivity contribution in [3.05, 3.63) is 0 Å². The molecule has 1 amide bonds. The Bertz CT molecular complexity index is 250. The molecule has 0 spiro atoms. The van der Waals surface area contributed by atoms with E-state index in [1.807, 2.05) is 13.8 Å². The number of amides is 1. The Kier molecular flexibility index (Phi) is 6.40. The van der Waals surface area contributed by atoms with E-state index in [0.717, 1.165) is 0 Å². The normalized spacial score (nSPS) is 28.1. The van der Waals surface area contributed by atoms with Gasteiger partial charge < -0.3 is 10.6 Å². The number of hydrogen-bond donors (Lipinski definition) is 1. The number of nitrogens with zero attached hydrogens (tertiary/aromatic N) is 1. The molecule has 1 aliphatic heterocycles. The highest BCUT2D eigenvalue weighted by molar-refractivity contribution is 7.85. The van der Waals surface area contributed by atoms with Crippen LogP contribution >= 0.6 is 12.4 Å². The van der Waals surface area contributed by atoms with Crippen LogP contribution in [0.1, 0.15) is 20.3 Å². The second kappa shape index (κ2) is 6.45. The second-order valence-corrected chi connectivity index (χ2v) is 5.33. The smallest absolute Gasteiger partial charge is 0.239 e. The fraction of sp³-hybridized carbons (Fsp3) is 0.889. The van der Waals surface area contributed by atoms with Gasteiger partial charge in [0.25, 0.3) is 0 Å². The molecule has 0 saturated carbocycles. The Morgan fingerprint density at radius 1 is 1.67 bits per heavy atom. The summed E-state index contributed by atoms with van der Waals surface area (Å²) < 4.78 is 11.2. The van der Waals surface area contributed by atoms with Crippen LogP contribution in [-0.4, -0.2) is 45.2 Å². The second-order valence-electron chi connectivity index (χ2n) is 3.71. The van der Waals surface area contributed by atoms with Crippen LogP contribution in [0, 0.1) is 0 Å². The molecular weight excluding hydrogens is 236 g/mol. The molecule has 4 nitrogen and oxygen atoms in total. The summed E-state index contributed by atoms with van der Waals surface area (Å²) >= 11 is 0. The molecule has 6 heteroatoms. The number of carbonyl (C=O) groups excluding carboxylic acids is 1. The third kappa shape index (κ3) is 3.74. The Labute approximate surface area is 99.4 Å². The van der Waals surface area contributed by atoms with E-state index in [9.17, 15) is 9.00 Å². The van der Waals surface area contributed by atoms with E-state index in [2.05, 4.69) is 0 Å². The fourth-order valence-electron chi connectivity index (χ4n) is 1.58. The third-order valence-corrected chi connectivity index (χ3v) is 4.05. The minimum atomic E-state index is -0.757. The first-order chi connectivity index (χ1) is 6.56. The molecule has 0 aromatic carbocycles. The van der Waals surface area contributed by atoms with Crippen molar-refractivity contribution in [1.82, 2.24) is 4.90 Å². The molecular formula is C9H19ClN2O2S. The number of carbonyl (C=O) groups is 1. The molecule has 0 aromatic rings. The molecule has 0 bridgehead atoms. The fourth-order valence-corrected chi connectivity index (χ4v) is 2.86. The highest BCUT2D eigenvalue weighted by Crippen LogP contribution is 2.10. The molecule has 2 N–H and O–H groups in total. The van der Waals surface area contributed by atoms with Crippen LogP contribution in [0.4, 0.5) is 0 Å². The molecule has 1 rings (SSSR count). The van der Waals surface area contributed by atoms with Crippen LogP contribution in [0.3, 0.4) is 0 Å². The first-order valence-electron chi connectivity index (χ1n) is 4.97. The van der Waals surface area contributed by atoms with E-state index in [-0.39, 0.29) is 24.4 Å². The van der Waals surface area contributed by atoms with Crippen molar-refractivity contribution in [2.75, 3.05) is 18.1 Å². The largest absolute Gasteiger partial charge is 0.337 e. The van der Waals surface area contributed by atoms with Crippen molar-refractivity contribution >= 4 is 29.1 Å². The van der Waals surface area contributed by atoms with Gasteiger partial charge in [-0.1, -0.05) is 6.92 Å². The third-order valence-electron chi connectivity index (χ3n) is 2.56. The summed E-state index contributed by atoms with van der Waals surface area (Å²) in [6, 6.07) is -0.335. The topological polar surface area (TPSA) is 63.4 Å². The van der Waals surface area contributed by atoms with Crippen LogP contribution in [0.5, 0.6) is 0 Å². The number of rotatable bonds is 2. The summed E-state index contributed by atoms with van der Waals surface area (Å²) in [5.74, 6) is 1.17. The standard InChI is InChI=1S/C9H18N2O2S.ClH/c1-3-8(10)9(12)11-4-5-14(13)6-7(11)2;/h7-8H,3-6,10H2,1-2H3;1H/t7?,8-,14?;/m1./s1. The van der Waals surface area contributed by atoms with Gasteiger partial charge in [0.05, 0.1) is 6.04 Å². The molecule has 90 valence electrons. The van der Waals surface area contributed by atoms with Gasteiger partial charge in [-0.3, -0.25) is 9.00 Å². The van der Waals surface area contributed by atoms with Crippen LogP contribution in [0.2, 0.25) is 0 Å². The SMILES string of the molecule is CC[C@@H](N)C(=O)N1CCS(=O)CC1C.Cl. The summed E-state index contributed by atoms with van der Waals surface area (Å²) in [7, 11) is -0.757. The van der Waals surface area contributed by atoms with Crippen LogP contribution in [0.25, 0.3) is 0 Å². The van der Waals surface area contributed by atoms with E-state index in [0.29, 0.717) is 24.5 Å². The molecule has 2 unspecified atom stereocenters. The van der Waals surface area contributed by atoms with E-state index in [1.165, 1.54) is 0 Å². The minimum Gasteiger partial charge on any atom is -0.337 e. The maximum absolute atomic E-state index is 11.7. The lowest BCUT2D eigenvalue weighted by molar-refractivity contribution is -0.134. The Balaban J connectivity index is 0.00000196. The van der Waals surface area contributed by atoms with E-state index in [4.69, 9.17) is 5.73 Å². The lowest BCUT2D eigenvalue weighted by Gasteiger charge is -2.34. The van der Waals surface area contributed by atoms with Crippen molar-refractivity contribution in [2.45, 2.75) is 32.4 Å². The molecule has 1 aliphatic rings. The van der Waals surface area contributed by atoms with Crippen molar-refractivity contribution in [2.24, 2.45) is 5.73 Å². The summed E-state index contributed by atoms with van der Waals surface area (Å²) in [6.45, 7) is 4.41. The molecule has 0 aliphatic carbocycles. The van der Waals surface area contributed by atoms with Gasteiger partial charge in [0, 0.05) is 34.9 Å². The van der Waals surface area contributed by atoms with Crippen LogP contribution in [0.15, 0.2) is 0 Å². The molecule has 1 heterocycles. The van der Waals surface area contributed by atoms with Gasteiger partial charge in [-0.2, -0.15) is 0 Å². The zero-order valence-electron chi connectivity index (χ0n) is 9.14. The quantitative estimate of drug-likeness (QED) is 0.762. The molecule has 0 radical (unpaired) electrons. The maximum Gasteiger partial charge on any atom is 0.239 e. The Morgan fingerprint density at radius 2 is 2.27 bits per heavy atom.